The van der Waals surface area contributed by atoms with Crippen molar-refractivity contribution in [2.75, 3.05) is 12.8 Å². The number of hydrogen-bond acceptors (Lipinski definition) is 4. The molecule has 0 radical (unpaired) electrons. The first-order valence-electron chi connectivity index (χ1n) is 6.67. The lowest BCUT2D eigenvalue weighted by molar-refractivity contribution is 0.136. The number of anilines is 1. The molecule has 4 heteroatoms. The van der Waals surface area contributed by atoms with Crippen molar-refractivity contribution in [3.8, 4) is 11.3 Å². The summed E-state index contributed by atoms with van der Waals surface area (Å²) in [4.78, 5) is 4.71. The Bertz CT molecular complexity index is 707. The van der Waals surface area contributed by atoms with Crippen molar-refractivity contribution in [1.29, 1.82) is 0 Å². The van der Waals surface area contributed by atoms with Gasteiger partial charge in [0.1, 0.15) is 11.1 Å². The minimum atomic E-state index is -0.126. The van der Waals surface area contributed by atoms with Crippen LogP contribution in [0, 0.1) is 0 Å². The van der Waals surface area contributed by atoms with E-state index in [0.717, 1.165) is 27.5 Å². The third-order valence-electron chi connectivity index (χ3n) is 3.29. The zero-order valence-corrected chi connectivity index (χ0v) is 12.5. The maximum absolute atomic E-state index is 5.72. The maximum Gasteiger partial charge on any atom is 0.134 e. The molecule has 3 rings (SSSR count). The van der Waals surface area contributed by atoms with Crippen LogP contribution in [0.5, 0.6) is 0 Å². The van der Waals surface area contributed by atoms with Gasteiger partial charge in [-0.1, -0.05) is 42.5 Å². The van der Waals surface area contributed by atoms with E-state index >= 15 is 0 Å². The lowest BCUT2D eigenvalue weighted by atomic mass is 10.1. The van der Waals surface area contributed by atoms with E-state index < -0.39 is 0 Å². The first-order valence-corrected chi connectivity index (χ1v) is 7.55. The van der Waals surface area contributed by atoms with Crippen LogP contribution in [-0.4, -0.2) is 12.1 Å². The Balaban J connectivity index is 1.92. The number of methoxy groups -OCH3 is 1. The number of thiazole rings is 1. The van der Waals surface area contributed by atoms with E-state index in [1.165, 1.54) is 0 Å². The van der Waals surface area contributed by atoms with Crippen molar-refractivity contribution < 1.29 is 4.74 Å². The quantitative estimate of drug-likeness (QED) is 0.736. The summed E-state index contributed by atoms with van der Waals surface area (Å²) < 4.78 is 5.62. The second kappa shape index (κ2) is 6.08. The van der Waals surface area contributed by atoms with Crippen LogP contribution < -0.4 is 5.73 Å². The first-order chi connectivity index (χ1) is 10.3. The van der Waals surface area contributed by atoms with Crippen LogP contribution in [0.15, 0.2) is 60.0 Å². The standard InChI is InChI=1S/C17H16N2OS/c1-20-16(13-5-3-2-4-6-13)17-19-15(11-21-17)12-7-9-14(18)10-8-12/h2-11,16H,18H2,1H3. The number of nitrogens with zero attached hydrogens (tertiary/aromatic N) is 1. The molecular formula is C17H16N2OS. The van der Waals surface area contributed by atoms with E-state index in [9.17, 15) is 0 Å². The van der Waals surface area contributed by atoms with Gasteiger partial charge < -0.3 is 10.5 Å². The Morgan fingerprint density at radius 2 is 1.76 bits per heavy atom. The molecule has 2 aromatic carbocycles. The molecule has 0 saturated carbocycles. The molecule has 3 nitrogen and oxygen atoms in total. The van der Waals surface area contributed by atoms with Gasteiger partial charge in [0.2, 0.25) is 0 Å². The SMILES string of the molecule is COC(c1ccccc1)c1nc(-c2ccc(N)cc2)cs1. The molecule has 1 heterocycles. The van der Waals surface area contributed by atoms with Gasteiger partial charge >= 0.3 is 0 Å². The highest BCUT2D eigenvalue weighted by Crippen LogP contribution is 2.31. The number of hydrogen-bond donors (Lipinski definition) is 1. The minimum Gasteiger partial charge on any atom is -0.399 e. The second-order valence-corrected chi connectivity index (χ2v) is 5.61. The molecule has 0 amide bonds. The summed E-state index contributed by atoms with van der Waals surface area (Å²) in [6.07, 6.45) is -0.126. The van der Waals surface area contributed by atoms with Crippen molar-refractivity contribution in [1.82, 2.24) is 4.98 Å². The first kappa shape index (κ1) is 13.8. The molecule has 1 aromatic heterocycles. The van der Waals surface area contributed by atoms with E-state index in [2.05, 4.69) is 17.5 Å². The van der Waals surface area contributed by atoms with Crippen LogP contribution in [0.4, 0.5) is 5.69 Å². The van der Waals surface area contributed by atoms with Gasteiger partial charge in [-0.25, -0.2) is 4.98 Å². The summed E-state index contributed by atoms with van der Waals surface area (Å²) >= 11 is 1.61. The van der Waals surface area contributed by atoms with E-state index in [1.807, 2.05) is 42.5 Å². The Kier molecular flexibility index (Phi) is 3.99. The number of ether oxygens (including phenoxy) is 1. The molecule has 21 heavy (non-hydrogen) atoms. The highest BCUT2D eigenvalue weighted by Gasteiger charge is 2.17. The number of aromatic nitrogens is 1. The Morgan fingerprint density at radius 3 is 2.43 bits per heavy atom. The third kappa shape index (κ3) is 2.96. The Morgan fingerprint density at radius 1 is 1.05 bits per heavy atom. The Labute approximate surface area is 128 Å². The summed E-state index contributed by atoms with van der Waals surface area (Å²) in [5.74, 6) is 0. The normalized spacial score (nSPS) is 12.2. The van der Waals surface area contributed by atoms with Crippen LogP contribution in [-0.2, 0) is 4.74 Å². The van der Waals surface area contributed by atoms with Crippen molar-refractivity contribution in [3.05, 3.63) is 70.5 Å². The van der Waals surface area contributed by atoms with E-state index in [-0.39, 0.29) is 6.10 Å². The molecular weight excluding hydrogens is 280 g/mol. The van der Waals surface area contributed by atoms with Gasteiger partial charge in [-0.3, -0.25) is 0 Å². The van der Waals surface area contributed by atoms with Gasteiger partial charge in [-0.15, -0.1) is 11.3 Å². The molecule has 0 aliphatic carbocycles. The van der Waals surface area contributed by atoms with Gasteiger partial charge in [0, 0.05) is 23.7 Å². The van der Waals surface area contributed by atoms with Gasteiger partial charge in [-0.05, 0) is 17.7 Å². The summed E-state index contributed by atoms with van der Waals surface area (Å²) in [5.41, 5.74) is 9.60. The molecule has 1 unspecified atom stereocenters. The summed E-state index contributed by atoms with van der Waals surface area (Å²) in [6, 6.07) is 17.9. The van der Waals surface area contributed by atoms with Crippen LogP contribution >= 0.6 is 11.3 Å². The Hall–Kier alpha value is -2.17. The van der Waals surface area contributed by atoms with Crippen LogP contribution in [0.25, 0.3) is 11.3 Å². The monoisotopic (exact) mass is 296 g/mol. The van der Waals surface area contributed by atoms with E-state index in [1.54, 1.807) is 18.4 Å². The van der Waals surface area contributed by atoms with Crippen molar-refractivity contribution >= 4 is 17.0 Å². The fraction of sp³-hybridized carbons (Fsp3) is 0.118. The zero-order chi connectivity index (χ0) is 14.7. The highest BCUT2D eigenvalue weighted by molar-refractivity contribution is 7.10. The van der Waals surface area contributed by atoms with Crippen molar-refractivity contribution in [2.24, 2.45) is 0 Å². The number of nitrogen functional groups attached to an aromatic ring is 1. The van der Waals surface area contributed by atoms with Crippen LogP contribution in [0.1, 0.15) is 16.7 Å². The number of benzene rings is 2. The molecule has 106 valence electrons. The molecule has 0 bridgehead atoms. The van der Waals surface area contributed by atoms with Gasteiger partial charge in [0.25, 0.3) is 0 Å². The lowest BCUT2D eigenvalue weighted by Gasteiger charge is -2.12. The molecule has 0 saturated heterocycles. The lowest BCUT2D eigenvalue weighted by Crippen LogP contribution is -2.02. The number of rotatable bonds is 4. The molecule has 0 fully saturated rings. The topological polar surface area (TPSA) is 48.1 Å². The maximum atomic E-state index is 5.72. The van der Waals surface area contributed by atoms with Crippen LogP contribution in [0.3, 0.4) is 0 Å². The second-order valence-electron chi connectivity index (χ2n) is 4.72. The van der Waals surface area contributed by atoms with Gasteiger partial charge in [0.05, 0.1) is 5.69 Å². The molecule has 3 aromatic rings. The van der Waals surface area contributed by atoms with Crippen molar-refractivity contribution in [3.63, 3.8) is 0 Å². The fourth-order valence-corrected chi connectivity index (χ4v) is 3.13. The summed E-state index contributed by atoms with van der Waals surface area (Å²) in [6.45, 7) is 0. The predicted molar refractivity (Wildman–Crippen MR) is 87.3 cm³/mol. The molecule has 2 N–H and O–H groups in total. The fourth-order valence-electron chi connectivity index (χ4n) is 2.20. The predicted octanol–water partition coefficient (Wildman–Crippen LogP) is 4.13. The smallest absolute Gasteiger partial charge is 0.134 e. The number of nitrogens with two attached hydrogens (primary N) is 1. The summed E-state index contributed by atoms with van der Waals surface area (Å²) in [5, 5.41) is 3.01. The molecule has 1 atom stereocenters. The highest BCUT2D eigenvalue weighted by atomic mass is 32.1. The van der Waals surface area contributed by atoms with Gasteiger partial charge in [-0.2, -0.15) is 0 Å². The van der Waals surface area contributed by atoms with E-state index in [4.69, 9.17) is 15.5 Å². The third-order valence-corrected chi connectivity index (χ3v) is 4.18. The average Bonchev–Trinajstić information content (AvgIpc) is 2.99. The molecule has 0 aliphatic rings. The van der Waals surface area contributed by atoms with Gasteiger partial charge in [0.15, 0.2) is 0 Å². The van der Waals surface area contributed by atoms with Crippen molar-refractivity contribution in [2.45, 2.75) is 6.10 Å². The zero-order valence-electron chi connectivity index (χ0n) is 11.7. The minimum absolute atomic E-state index is 0.126. The van der Waals surface area contributed by atoms with E-state index in [0.29, 0.717) is 0 Å². The largest absolute Gasteiger partial charge is 0.399 e. The van der Waals surface area contributed by atoms with Crippen LogP contribution in [0.2, 0.25) is 0 Å². The molecule has 0 aliphatic heterocycles. The molecule has 0 spiro atoms. The summed E-state index contributed by atoms with van der Waals surface area (Å²) in [7, 11) is 1.71. The average molecular weight is 296 g/mol.